The molecule has 11 nitrogen and oxygen atoms in total. The molecular weight excluding hydrogens is 664 g/mol. The Morgan fingerprint density at radius 3 is 2.45 bits per heavy atom. The third-order valence-electron chi connectivity index (χ3n) is 9.82. The third kappa shape index (κ3) is 5.59. The van der Waals surface area contributed by atoms with Crippen molar-refractivity contribution in [3.05, 3.63) is 85.5 Å². The third-order valence-corrected chi connectivity index (χ3v) is 10.7. The van der Waals surface area contributed by atoms with E-state index in [1.165, 1.54) is 4.90 Å². The first kappa shape index (κ1) is 33.0. The zero-order valence-corrected chi connectivity index (χ0v) is 28.3. The van der Waals surface area contributed by atoms with E-state index in [1.807, 2.05) is 68.4 Å². The zero-order valence-electron chi connectivity index (χ0n) is 26.7. The second-order valence-corrected chi connectivity index (χ2v) is 14.1. The minimum Gasteiger partial charge on any atom is -0.394 e. The number of alkyl halides is 1. The van der Waals surface area contributed by atoms with Crippen LogP contribution in [0.4, 0.5) is 0 Å². The number of hydrogen-bond acceptors (Lipinski definition) is 7. The van der Waals surface area contributed by atoms with Crippen LogP contribution in [0.5, 0.6) is 0 Å². The highest BCUT2D eigenvalue weighted by atomic mass is 79.9. The number of aliphatic hydroxyl groups is 1. The van der Waals surface area contributed by atoms with Crippen LogP contribution in [0.25, 0.3) is 11.0 Å². The molecule has 1 N–H and O–H groups in total. The summed E-state index contributed by atoms with van der Waals surface area (Å²) in [7, 11) is 0. The summed E-state index contributed by atoms with van der Waals surface area (Å²) in [6.45, 7) is 12.1. The molecule has 0 aliphatic carbocycles. The fraction of sp³-hybridized carbons (Fsp3) is 0.457. The highest BCUT2D eigenvalue weighted by molar-refractivity contribution is 9.09. The molecule has 6 rings (SSSR count). The van der Waals surface area contributed by atoms with Gasteiger partial charge in [0.15, 0.2) is 0 Å². The van der Waals surface area contributed by atoms with Gasteiger partial charge < -0.3 is 24.5 Å². The molecule has 1 aromatic heterocycles. The van der Waals surface area contributed by atoms with Gasteiger partial charge in [-0.3, -0.25) is 14.4 Å². The number of hydrogen-bond donors (Lipinski definition) is 1. The maximum atomic E-state index is 14.9. The van der Waals surface area contributed by atoms with Crippen molar-refractivity contribution in [1.29, 1.82) is 0 Å². The number of fused-ring (bicyclic) bond motifs is 2. The average molecular weight is 706 g/mol. The summed E-state index contributed by atoms with van der Waals surface area (Å²) >= 11 is 3.77. The van der Waals surface area contributed by atoms with Crippen LogP contribution in [0.1, 0.15) is 25.8 Å². The highest BCUT2D eigenvalue weighted by Gasteiger charge is 2.77. The monoisotopic (exact) mass is 704 g/mol. The first-order valence-corrected chi connectivity index (χ1v) is 16.9. The molecule has 12 heteroatoms. The van der Waals surface area contributed by atoms with Crippen LogP contribution >= 0.6 is 15.9 Å². The lowest BCUT2D eigenvalue weighted by molar-refractivity contribution is -0.154. The maximum Gasteiger partial charge on any atom is 0.250 e. The molecule has 3 amide bonds. The minimum absolute atomic E-state index is 0.0594. The molecule has 7 atom stereocenters. The van der Waals surface area contributed by atoms with Crippen LogP contribution in [-0.4, -0.2) is 101 Å². The van der Waals surface area contributed by atoms with Gasteiger partial charge in [-0.25, -0.2) is 4.68 Å². The minimum atomic E-state index is -1.29. The quantitative estimate of drug-likeness (QED) is 0.214. The molecule has 3 aliphatic rings. The predicted molar refractivity (Wildman–Crippen MR) is 180 cm³/mol. The molecule has 0 saturated carbocycles. The number of carbonyl (C=O) groups excluding carboxylic acids is 3. The number of aliphatic hydroxyl groups excluding tert-OH is 1. The molecule has 1 spiro atoms. The van der Waals surface area contributed by atoms with E-state index < -0.39 is 35.6 Å². The molecule has 3 aliphatic heterocycles. The van der Waals surface area contributed by atoms with Crippen molar-refractivity contribution in [3.63, 3.8) is 0 Å². The van der Waals surface area contributed by atoms with Gasteiger partial charge in [0.1, 0.15) is 23.8 Å². The normalized spacial score (nSPS) is 26.9. The lowest BCUT2D eigenvalue weighted by Crippen LogP contribution is -2.60. The van der Waals surface area contributed by atoms with Crippen LogP contribution in [0.2, 0.25) is 0 Å². The Balaban J connectivity index is 1.41. The Kier molecular flexibility index (Phi) is 9.37. The second-order valence-electron chi connectivity index (χ2n) is 13.0. The number of para-hydroxylation sites is 1. The largest absolute Gasteiger partial charge is 0.394 e. The van der Waals surface area contributed by atoms with Gasteiger partial charge in [-0.1, -0.05) is 89.6 Å². The zero-order chi connectivity index (χ0) is 33.5. The lowest BCUT2D eigenvalue weighted by Gasteiger charge is -2.40. The van der Waals surface area contributed by atoms with Gasteiger partial charge in [-0.15, -0.1) is 18.3 Å². The number of halogens is 1. The van der Waals surface area contributed by atoms with Crippen molar-refractivity contribution in [3.8, 4) is 0 Å². The van der Waals surface area contributed by atoms with Crippen molar-refractivity contribution in [1.82, 2.24) is 29.7 Å². The number of nitrogens with zero attached hydrogens (tertiary/aromatic N) is 6. The molecule has 3 fully saturated rings. The summed E-state index contributed by atoms with van der Waals surface area (Å²) in [6.07, 6.45) is 3.04. The van der Waals surface area contributed by atoms with Gasteiger partial charge >= 0.3 is 0 Å². The fourth-order valence-electron chi connectivity index (χ4n) is 7.74. The number of carbonyl (C=O) groups is 3. The Hall–Kier alpha value is -3.87. The Labute approximate surface area is 283 Å². The van der Waals surface area contributed by atoms with E-state index in [1.54, 1.807) is 26.6 Å². The number of likely N-dealkylation sites (tertiary alicyclic amines) is 1. The van der Waals surface area contributed by atoms with Crippen molar-refractivity contribution < 1.29 is 24.2 Å². The SMILES string of the molecule is C=CCN(Cn1nnc2ccccc21)C(=O)C1N([C@@H](CO)C(C)C)C(=O)[C@@H]2[C@@H](C(=O)N(CC=C)Cc3ccccc3)[C@@H]3OC12CC3Br. The molecule has 3 aromatic rings. The lowest BCUT2D eigenvalue weighted by atomic mass is 9.70. The van der Waals surface area contributed by atoms with Gasteiger partial charge in [0.25, 0.3) is 0 Å². The van der Waals surface area contributed by atoms with Gasteiger partial charge in [0, 0.05) is 24.5 Å². The fourth-order valence-corrected chi connectivity index (χ4v) is 8.68. The van der Waals surface area contributed by atoms with Gasteiger partial charge in [-0.05, 0) is 30.0 Å². The molecule has 3 saturated heterocycles. The average Bonchev–Trinajstić information content (AvgIpc) is 3.78. The van der Waals surface area contributed by atoms with Crippen LogP contribution in [0.3, 0.4) is 0 Å². The van der Waals surface area contributed by atoms with Crippen LogP contribution in [-0.2, 0) is 32.3 Å². The summed E-state index contributed by atoms with van der Waals surface area (Å²) in [5.74, 6) is -2.85. The molecular formula is C35H41BrN6O5. The summed E-state index contributed by atoms with van der Waals surface area (Å²) in [4.78, 5) is 48.7. The van der Waals surface area contributed by atoms with Crippen molar-refractivity contribution in [2.24, 2.45) is 17.8 Å². The summed E-state index contributed by atoms with van der Waals surface area (Å²) in [6, 6.07) is 15.4. The first-order chi connectivity index (χ1) is 22.7. The van der Waals surface area contributed by atoms with E-state index in [0.717, 1.165) is 11.1 Å². The predicted octanol–water partition coefficient (Wildman–Crippen LogP) is 3.38. The summed E-state index contributed by atoms with van der Waals surface area (Å²) in [5.41, 5.74) is 1.11. The topological polar surface area (TPSA) is 121 Å². The smallest absolute Gasteiger partial charge is 0.250 e. The van der Waals surface area contributed by atoms with Gasteiger partial charge in [-0.2, -0.15) is 0 Å². The highest BCUT2D eigenvalue weighted by Crippen LogP contribution is 2.61. The number of rotatable bonds is 13. The van der Waals surface area contributed by atoms with Crippen LogP contribution in [0, 0.1) is 17.8 Å². The number of aromatic nitrogens is 3. The van der Waals surface area contributed by atoms with Gasteiger partial charge in [0.05, 0.1) is 36.1 Å². The van der Waals surface area contributed by atoms with Crippen LogP contribution in [0.15, 0.2) is 79.9 Å². The molecule has 0 radical (unpaired) electrons. The Morgan fingerprint density at radius 1 is 1.09 bits per heavy atom. The molecule has 248 valence electrons. The standard InChI is InChI=1S/C35H41BrN6O5/c1-5-16-39(19-23-12-8-7-9-13-23)32(44)28-29-33(45)42(27(20-43)22(3)4)31(35(29)18-24(36)30(28)47-35)34(46)40(17-6-2)21-41-26-15-11-10-14-25(26)37-38-41/h5-15,22,24,27-31,43H,1-2,16-21H2,3-4H3/t24?,27-,28+,29-,30+,31?,35?/m0/s1. The van der Waals surface area contributed by atoms with Crippen LogP contribution < -0.4 is 0 Å². The van der Waals surface area contributed by atoms with E-state index in [-0.39, 0.29) is 54.8 Å². The summed E-state index contributed by atoms with van der Waals surface area (Å²) < 4.78 is 8.42. The molecule has 3 unspecified atom stereocenters. The molecule has 4 heterocycles. The number of ether oxygens (including phenoxy) is 1. The molecule has 2 aromatic carbocycles. The number of benzene rings is 2. The van der Waals surface area contributed by atoms with Crippen molar-refractivity contribution in [2.45, 2.75) is 62.1 Å². The van der Waals surface area contributed by atoms with E-state index >= 15 is 0 Å². The van der Waals surface area contributed by atoms with Crippen molar-refractivity contribution >= 4 is 44.7 Å². The van der Waals surface area contributed by atoms with E-state index in [2.05, 4.69) is 39.4 Å². The van der Waals surface area contributed by atoms with E-state index in [4.69, 9.17) is 4.74 Å². The molecule has 2 bridgehead atoms. The second kappa shape index (κ2) is 13.3. The van der Waals surface area contributed by atoms with E-state index in [0.29, 0.717) is 18.5 Å². The Morgan fingerprint density at radius 2 is 1.77 bits per heavy atom. The van der Waals surface area contributed by atoms with Gasteiger partial charge in [0.2, 0.25) is 17.7 Å². The number of amides is 3. The van der Waals surface area contributed by atoms with E-state index in [9.17, 15) is 19.5 Å². The van der Waals surface area contributed by atoms with Crippen molar-refractivity contribution in [2.75, 3.05) is 19.7 Å². The first-order valence-electron chi connectivity index (χ1n) is 16.0. The molecule has 47 heavy (non-hydrogen) atoms. The summed E-state index contributed by atoms with van der Waals surface area (Å²) in [5, 5.41) is 19.2. The maximum absolute atomic E-state index is 14.9. The Bertz CT molecular complexity index is 1660.